The summed E-state index contributed by atoms with van der Waals surface area (Å²) >= 11 is 1.84. The summed E-state index contributed by atoms with van der Waals surface area (Å²) in [7, 11) is 0. The third kappa shape index (κ3) is 4.30. The van der Waals surface area contributed by atoms with Gasteiger partial charge < -0.3 is 10.6 Å². The maximum Gasteiger partial charge on any atom is 0.316 e. The molecule has 23 heavy (non-hydrogen) atoms. The molecule has 0 aromatic heterocycles. The normalized spacial score (nSPS) is 15.7. The van der Waals surface area contributed by atoms with Crippen LogP contribution in [0.2, 0.25) is 0 Å². The standard InChI is InChI=1S/C19H18N2OS/c22-19(20-13-6-9-15-7-2-1-3-8-15)21-17-12-14-23-18-11-5-4-10-16(17)18/h1-5,7-8,10-11,17H,12-14H2,(H2,20,21,22)/t17-/m1/s1. The predicted octanol–water partition coefficient (Wildman–Crippen LogP) is 3.57. The summed E-state index contributed by atoms with van der Waals surface area (Å²) in [5, 5.41) is 5.84. The predicted molar refractivity (Wildman–Crippen MR) is 94.4 cm³/mol. The van der Waals surface area contributed by atoms with Crippen LogP contribution in [0.3, 0.4) is 0 Å². The topological polar surface area (TPSA) is 41.1 Å². The molecule has 116 valence electrons. The van der Waals surface area contributed by atoms with Gasteiger partial charge in [0.25, 0.3) is 0 Å². The minimum atomic E-state index is -0.168. The van der Waals surface area contributed by atoms with E-state index in [4.69, 9.17) is 0 Å². The minimum Gasteiger partial charge on any atom is -0.331 e. The van der Waals surface area contributed by atoms with Crippen LogP contribution >= 0.6 is 11.8 Å². The van der Waals surface area contributed by atoms with Crippen molar-refractivity contribution in [2.24, 2.45) is 0 Å². The van der Waals surface area contributed by atoms with Gasteiger partial charge in [-0.15, -0.1) is 11.8 Å². The first-order valence-corrected chi connectivity index (χ1v) is 8.61. The zero-order chi connectivity index (χ0) is 15.9. The number of benzene rings is 2. The highest BCUT2D eigenvalue weighted by Crippen LogP contribution is 2.35. The molecule has 3 rings (SSSR count). The van der Waals surface area contributed by atoms with Crippen LogP contribution in [0.4, 0.5) is 4.79 Å². The Morgan fingerprint density at radius 3 is 2.78 bits per heavy atom. The molecule has 0 saturated carbocycles. The van der Waals surface area contributed by atoms with Gasteiger partial charge in [0, 0.05) is 16.2 Å². The number of hydrogen-bond donors (Lipinski definition) is 2. The van der Waals surface area contributed by atoms with Gasteiger partial charge in [-0.25, -0.2) is 4.79 Å². The first kappa shape index (κ1) is 15.5. The van der Waals surface area contributed by atoms with Crippen LogP contribution < -0.4 is 10.6 Å². The summed E-state index contributed by atoms with van der Waals surface area (Å²) < 4.78 is 0. The van der Waals surface area contributed by atoms with Gasteiger partial charge in [-0.05, 0) is 30.2 Å². The fourth-order valence-corrected chi connectivity index (χ4v) is 3.62. The Labute approximate surface area is 140 Å². The molecule has 1 aliphatic rings. The van der Waals surface area contributed by atoms with Crippen LogP contribution in [0.5, 0.6) is 0 Å². The van der Waals surface area contributed by atoms with E-state index in [1.54, 1.807) is 0 Å². The van der Waals surface area contributed by atoms with Crippen molar-refractivity contribution >= 4 is 17.8 Å². The molecule has 0 saturated heterocycles. The number of rotatable bonds is 2. The summed E-state index contributed by atoms with van der Waals surface area (Å²) in [6.07, 6.45) is 0.949. The molecule has 1 atom stereocenters. The molecule has 2 aromatic carbocycles. The first-order valence-electron chi connectivity index (χ1n) is 7.63. The summed E-state index contributed by atoms with van der Waals surface area (Å²) in [6.45, 7) is 0.337. The van der Waals surface area contributed by atoms with Crippen LogP contribution in [-0.2, 0) is 0 Å². The van der Waals surface area contributed by atoms with Gasteiger partial charge in [-0.1, -0.05) is 48.2 Å². The van der Waals surface area contributed by atoms with E-state index in [0.717, 1.165) is 17.7 Å². The molecule has 3 nitrogen and oxygen atoms in total. The van der Waals surface area contributed by atoms with Crippen molar-refractivity contribution in [1.29, 1.82) is 0 Å². The minimum absolute atomic E-state index is 0.0783. The van der Waals surface area contributed by atoms with Crippen molar-refractivity contribution < 1.29 is 4.79 Å². The highest BCUT2D eigenvalue weighted by molar-refractivity contribution is 7.99. The van der Waals surface area contributed by atoms with Gasteiger partial charge >= 0.3 is 6.03 Å². The number of carbonyl (C=O) groups excluding carboxylic acids is 1. The molecule has 0 unspecified atom stereocenters. The second kappa shape index (κ2) is 7.75. The van der Waals surface area contributed by atoms with Crippen molar-refractivity contribution in [2.75, 3.05) is 12.3 Å². The lowest BCUT2D eigenvalue weighted by Crippen LogP contribution is -2.39. The van der Waals surface area contributed by atoms with E-state index in [0.29, 0.717) is 6.54 Å². The van der Waals surface area contributed by atoms with Gasteiger partial charge in [-0.2, -0.15) is 0 Å². The fraction of sp³-hybridized carbons (Fsp3) is 0.211. The second-order valence-electron chi connectivity index (χ2n) is 5.22. The molecule has 2 amide bonds. The van der Waals surface area contributed by atoms with E-state index in [1.165, 1.54) is 10.5 Å². The summed E-state index contributed by atoms with van der Waals surface area (Å²) in [4.78, 5) is 13.3. The number of thioether (sulfide) groups is 1. The van der Waals surface area contributed by atoms with E-state index >= 15 is 0 Å². The lowest BCUT2D eigenvalue weighted by Gasteiger charge is -2.25. The van der Waals surface area contributed by atoms with E-state index in [1.807, 2.05) is 54.2 Å². The average Bonchev–Trinajstić information content (AvgIpc) is 2.60. The third-order valence-electron chi connectivity index (χ3n) is 3.61. The molecule has 2 N–H and O–H groups in total. The Kier molecular flexibility index (Phi) is 5.23. The molecular formula is C19H18N2OS. The quantitative estimate of drug-likeness (QED) is 0.830. The van der Waals surface area contributed by atoms with Gasteiger partial charge in [-0.3, -0.25) is 0 Å². The summed E-state index contributed by atoms with van der Waals surface area (Å²) in [5.74, 6) is 7.01. The number of carbonyl (C=O) groups is 1. The summed E-state index contributed by atoms with van der Waals surface area (Å²) in [5.41, 5.74) is 2.15. The second-order valence-corrected chi connectivity index (χ2v) is 6.36. The molecule has 0 aliphatic carbocycles. The third-order valence-corrected chi connectivity index (χ3v) is 4.73. The molecule has 4 heteroatoms. The van der Waals surface area contributed by atoms with E-state index in [2.05, 4.69) is 34.6 Å². The van der Waals surface area contributed by atoms with Crippen LogP contribution in [0.25, 0.3) is 0 Å². The van der Waals surface area contributed by atoms with Gasteiger partial charge in [0.1, 0.15) is 0 Å². The first-order chi connectivity index (χ1) is 11.3. The van der Waals surface area contributed by atoms with Crippen LogP contribution in [0.15, 0.2) is 59.5 Å². The Morgan fingerprint density at radius 1 is 1.13 bits per heavy atom. The lowest BCUT2D eigenvalue weighted by atomic mass is 10.0. The molecule has 0 radical (unpaired) electrons. The van der Waals surface area contributed by atoms with E-state index in [-0.39, 0.29) is 12.1 Å². The fourth-order valence-electron chi connectivity index (χ4n) is 2.49. The number of amides is 2. The Morgan fingerprint density at radius 2 is 1.91 bits per heavy atom. The van der Waals surface area contributed by atoms with E-state index < -0.39 is 0 Å². The van der Waals surface area contributed by atoms with Gasteiger partial charge in [0.05, 0.1) is 12.6 Å². The zero-order valence-corrected chi connectivity index (χ0v) is 13.5. The maximum absolute atomic E-state index is 12.0. The van der Waals surface area contributed by atoms with Crippen LogP contribution in [0.1, 0.15) is 23.6 Å². The van der Waals surface area contributed by atoms with Crippen molar-refractivity contribution in [3.05, 3.63) is 65.7 Å². The smallest absolute Gasteiger partial charge is 0.316 e. The zero-order valence-electron chi connectivity index (χ0n) is 12.7. The number of hydrogen-bond acceptors (Lipinski definition) is 2. The van der Waals surface area contributed by atoms with E-state index in [9.17, 15) is 4.79 Å². The lowest BCUT2D eigenvalue weighted by molar-refractivity contribution is 0.237. The Balaban J connectivity index is 1.52. The van der Waals surface area contributed by atoms with Crippen molar-refractivity contribution in [3.63, 3.8) is 0 Å². The number of urea groups is 1. The maximum atomic E-state index is 12.0. The highest BCUT2D eigenvalue weighted by Gasteiger charge is 2.21. The Bertz CT molecular complexity index is 734. The van der Waals surface area contributed by atoms with Gasteiger partial charge in [0.15, 0.2) is 0 Å². The van der Waals surface area contributed by atoms with Crippen LogP contribution in [-0.4, -0.2) is 18.3 Å². The monoisotopic (exact) mass is 322 g/mol. The highest BCUT2D eigenvalue weighted by atomic mass is 32.2. The average molecular weight is 322 g/mol. The molecule has 2 aromatic rings. The Hall–Kier alpha value is -2.38. The molecule has 1 aliphatic heterocycles. The molecule has 0 spiro atoms. The molecule has 1 heterocycles. The number of fused-ring (bicyclic) bond motifs is 1. The van der Waals surface area contributed by atoms with Crippen LogP contribution in [0, 0.1) is 11.8 Å². The molecule has 0 fully saturated rings. The van der Waals surface area contributed by atoms with Crippen molar-refractivity contribution in [1.82, 2.24) is 10.6 Å². The van der Waals surface area contributed by atoms with Crippen molar-refractivity contribution in [3.8, 4) is 11.8 Å². The SMILES string of the molecule is O=C(NCC#Cc1ccccc1)N[C@@H]1CCSc2ccccc21. The molecule has 0 bridgehead atoms. The molecular weight excluding hydrogens is 304 g/mol. The largest absolute Gasteiger partial charge is 0.331 e. The van der Waals surface area contributed by atoms with Gasteiger partial charge in [0.2, 0.25) is 0 Å². The van der Waals surface area contributed by atoms with Crippen molar-refractivity contribution in [2.45, 2.75) is 17.4 Å². The summed E-state index contributed by atoms with van der Waals surface area (Å²) in [6, 6.07) is 17.9. The number of nitrogens with one attached hydrogen (secondary N) is 2.